The smallest absolute Gasteiger partial charge is 0.344 e. The number of methoxy groups -OCH3 is 2. The summed E-state index contributed by atoms with van der Waals surface area (Å²) in [6.07, 6.45) is 27.8. The Labute approximate surface area is 342 Å². The minimum absolute atomic E-state index is 0. The highest BCUT2D eigenvalue weighted by Gasteiger charge is 2.80. The summed E-state index contributed by atoms with van der Waals surface area (Å²) >= 11 is 0. The summed E-state index contributed by atoms with van der Waals surface area (Å²) in [6.45, 7) is 3.76. The Morgan fingerprint density at radius 2 is 1.49 bits per heavy atom. The first kappa shape index (κ1) is 41.5. The average Bonchev–Trinajstić information content (AvgIpc) is 3.73. The Balaban J connectivity index is 0.00000465. The van der Waals surface area contributed by atoms with Crippen molar-refractivity contribution in [1.29, 1.82) is 0 Å². The molecule has 1 saturated heterocycles. The van der Waals surface area contributed by atoms with Crippen LogP contribution in [0.3, 0.4) is 0 Å². The second kappa shape index (κ2) is 16.5. The molecule has 4 saturated carbocycles. The number of anilines is 1. The van der Waals surface area contributed by atoms with Crippen LogP contribution in [0.5, 0.6) is 5.75 Å². The van der Waals surface area contributed by atoms with E-state index in [4.69, 9.17) is 14.2 Å². The van der Waals surface area contributed by atoms with Crippen molar-refractivity contribution >= 4 is 24.9 Å². The highest BCUT2D eigenvalue weighted by Crippen LogP contribution is 2.77. The van der Waals surface area contributed by atoms with Gasteiger partial charge < -0.3 is 41.2 Å². The first-order chi connectivity index (χ1) is 26.2. The monoisotopic (exact) mass is 842 g/mol. The van der Waals surface area contributed by atoms with Crippen LogP contribution in [0.2, 0.25) is 0 Å². The maximum absolute atomic E-state index is 14.6. The molecule has 10 heteroatoms. The maximum atomic E-state index is 14.6. The van der Waals surface area contributed by atoms with Crippen molar-refractivity contribution in [1.82, 2.24) is 4.90 Å². The summed E-state index contributed by atoms with van der Waals surface area (Å²) in [5.41, 5.74) is 1.21. The first-order valence-corrected chi connectivity index (χ1v) is 24.1. The van der Waals surface area contributed by atoms with Crippen LogP contribution >= 0.6 is 7.26 Å². The average molecular weight is 844 g/mol. The van der Waals surface area contributed by atoms with E-state index in [1.54, 1.807) is 7.11 Å². The molecular formula is C45H68BrN2O6P. The summed E-state index contributed by atoms with van der Waals surface area (Å²) < 4.78 is 18.0. The highest BCUT2D eigenvalue weighted by atomic mass is 79.9. The molecule has 1 N–H and O–H groups in total. The van der Waals surface area contributed by atoms with Gasteiger partial charge in [-0.25, -0.2) is 4.79 Å². The van der Waals surface area contributed by atoms with E-state index in [2.05, 4.69) is 34.9 Å². The number of likely N-dealkylation sites (N-methyl/N-ethyl adjacent to an activating group) is 1. The molecular weight excluding hydrogens is 775 g/mol. The van der Waals surface area contributed by atoms with Gasteiger partial charge in [0.1, 0.15) is 5.75 Å². The molecule has 306 valence electrons. The summed E-state index contributed by atoms with van der Waals surface area (Å²) in [7, 11) is 3.64. The van der Waals surface area contributed by atoms with E-state index in [9.17, 15) is 14.7 Å². The third kappa shape index (κ3) is 6.36. The van der Waals surface area contributed by atoms with E-state index in [-0.39, 0.29) is 29.0 Å². The van der Waals surface area contributed by atoms with Crippen LogP contribution in [0.1, 0.15) is 134 Å². The zero-order chi connectivity index (χ0) is 37.7. The number of carbonyl (C=O) groups excluding carboxylic acids is 2. The van der Waals surface area contributed by atoms with E-state index >= 15 is 0 Å². The largest absolute Gasteiger partial charge is 1.00 e. The van der Waals surface area contributed by atoms with Gasteiger partial charge in [0.15, 0.2) is 6.10 Å². The van der Waals surface area contributed by atoms with E-state index in [0.29, 0.717) is 12.8 Å². The molecule has 0 amide bonds. The molecule has 0 radical (unpaired) electrons. The van der Waals surface area contributed by atoms with Crippen molar-refractivity contribution in [2.24, 2.45) is 5.41 Å². The van der Waals surface area contributed by atoms with Crippen LogP contribution in [0.4, 0.5) is 5.69 Å². The summed E-state index contributed by atoms with van der Waals surface area (Å²) in [5.74, 6) is -0.272. The minimum atomic E-state index is -2.10. The Kier molecular flexibility index (Phi) is 12.5. The van der Waals surface area contributed by atoms with Crippen LogP contribution in [0, 0.1) is 5.41 Å². The van der Waals surface area contributed by atoms with E-state index in [1.165, 1.54) is 110 Å². The number of carbonyl (C=O) groups is 2. The van der Waals surface area contributed by atoms with Gasteiger partial charge in [0.05, 0.1) is 43.4 Å². The number of halogens is 1. The molecule has 5 fully saturated rings. The Morgan fingerprint density at radius 1 is 0.891 bits per heavy atom. The van der Waals surface area contributed by atoms with Gasteiger partial charge in [0.25, 0.3) is 0 Å². The maximum Gasteiger partial charge on any atom is 0.344 e. The number of hydrogen-bond donors (Lipinski definition) is 1. The molecule has 4 aliphatic carbocycles. The predicted molar refractivity (Wildman–Crippen MR) is 217 cm³/mol. The van der Waals surface area contributed by atoms with Gasteiger partial charge in [0, 0.05) is 55.9 Å². The lowest BCUT2D eigenvalue weighted by molar-refractivity contribution is -0.229. The second-order valence-corrected chi connectivity index (χ2v) is 23.0. The van der Waals surface area contributed by atoms with Gasteiger partial charge in [-0.2, -0.15) is 0 Å². The number of rotatable bonds is 11. The first-order valence-electron chi connectivity index (χ1n) is 21.9. The van der Waals surface area contributed by atoms with Gasteiger partial charge in [-0.3, -0.25) is 9.69 Å². The quantitative estimate of drug-likeness (QED) is 0.180. The number of esters is 2. The van der Waals surface area contributed by atoms with Crippen LogP contribution in [-0.2, 0) is 24.5 Å². The zero-order valence-electron chi connectivity index (χ0n) is 34.1. The summed E-state index contributed by atoms with van der Waals surface area (Å²) in [5, 5.41) is 13.3. The fourth-order valence-corrected chi connectivity index (χ4v) is 21.9. The van der Waals surface area contributed by atoms with Crippen molar-refractivity contribution in [2.75, 3.05) is 45.4 Å². The third-order valence-corrected chi connectivity index (χ3v) is 23.0. The molecule has 3 heterocycles. The van der Waals surface area contributed by atoms with Gasteiger partial charge >= 0.3 is 11.9 Å². The van der Waals surface area contributed by atoms with Crippen LogP contribution in [0.15, 0.2) is 30.4 Å². The number of benzene rings is 1. The standard InChI is InChI=1S/C45H68N2O6P.BrH/c1-5-43-26-16-28-47-29-27-44(39(43)47)36-25-24-32(51-3)31-37(36)46(2)40(44)45(50,42(49)52-4)41(43)53-38(48)23-15-30-54(33-17-9-6-10-18-33,34-19-11-7-12-20-34)35-21-13-8-14-22-35;/h16,24-26,31,33-35,39-41,50H,5-15,17-23,27-30H2,1-4H3;1H/q+1;/p-1/t39-,40+,41+,43+,44+,45-;/m0./s1. The lowest BCUT2D eigenvalue weighted by Crippen LogP contribution is -3.00. The molecule has 7 aliphatic rings. The van der Waals surface area contributed by atoms with Crippen molar-refractivity contribution < 1.29 is 45.9 Å². The minimum Gasteiger partial charge on any atom is -1.00 e. The van der Waals surface area contributed by atoms with Crippen molar-refractivity contribution in [2.45, 2.75) is 175 Å². The molecule has 0 aromatic heterocycles. The topological polar surface area (TPSA) is 88.5 Å². The molecule has 0 unspecified atom stereocenters. The fourth-order valence-electron chi connectivity index (χ4n) is 14.3. The fraction of sp³-hybridized carbons (Fsp3) is 0.778. The molecule has 8 nitrogen and oxygen atoms in total. The van der Waals surface area contributed by atoms with E-state index < -0.39 is 41.8 Å². The van der Waals surface area contributed by atoms with Crippen molar-refractivity contribution in [3.63, 3.8) is 0 Å². The normalized spacial score (nSPS) is 34.0. The number of aliphatic hydroxyl groups is 1. The van der Waals surface area contributed by atoms with Crippen LogP contribution in [0.25, 0.3) is 0 Å². The lowest BCUT2D eigenvalue weighted by atomic mass is 9.47. The number of fused-ring (bicyclic) bond motifs is 1. The van der Waals surface area contributed by atoms with E-state index in [0.717, 1.165) is 59.9 Å². The lowest BCUT2D eigenvalue weighted by Gasteiger charge is -2.63. The molecule has 8 rings (SSSR count). The van der Waals surface area contributed by atoms with E-state index in [1.807, 2.05) is 19.2 Å². The van der Waals surface area contributed by atoms with Gasteiger partial charge in [-0.05, 0) is 114 Å². The van der Waals surface area contributed by atoms with Crippen LogP contribution in [-0.4, -0.2) is 103 Å². The highest BCUT2D eigenvalue weighted by molar-refractivity contribution is 7.77. The third-order valence-electron chi connectivity index (χ3n) is 16.3. The van der Waals surface area contributed by atoms with Gasteiger partial charge in [-0.1, -0.05) is 44.4 Å². The van der Waals surface area contributed by atoms with Crippen molar-refractivity contribution in [3.05, 3.63) is 35.9 Å². The number of ether oxygens (including phenoxy) is 3. The molecule has 1 aromatic rings. The van der Waals surface area contributed by atoms with Crippen molar-refractivity contribution in [3.8, 4) is 5.75 Å². The molecule has 55 heavy (non-hydrogen) atoms. The molecule has 1 aromatic carbocycles. The summed E-state index contributed by atoms with van der Waals surface area (Å²) in [6, 6.07) is 5.42. The Hall–Kier alpha value is -1.67. The summed E-state index contributed by atoms with van der Waals surface area (Å²) in [4.78, 5) is 33.5. The zero-order valence-corrected chi connectivity index (χ0v) is 36.6. The molecule has 3 aliphatic heterocycles. The predicted octanol–water partition coefficient (Wildman–Crippen LogP) is 5.42. The second-order valence-electron chi connectivity index (χ2n) is 18.3. The number of nitrogens with zero attached hydrogens (tertiary/aromatic N) is 2. The van der Waals surface area contributed by atoms with Crippen LogP contribution < -0.4 is 26.6 Å². The SMILES string of the molecule is CC[C@]12C=CCN3CC[C@@]4(c5ccc(OC)cc5N(C)[C@H]4[C@@](O)(C(=O)OC)[C@@H]1OC(=O)CCC[P+](C1CCCCC1)(C1CCCCC1)C1CCCCC1)[C@@H]32.[Br-]. The molecule has 1 spiro atoms. The Morgan fingerprint density at radius 3 is 2.04 bits per heavy atom. The molecule has 0 bridgehead atoms. The number of hydrogen-bond acceptors (Lipinski definition) is 8. The molecule has 6 atom stereocenters. The van der Waals surface area contributed by atoms with Gasteiger partial charge in [0.2, 0.25) is 5.60 Å². The van der Waals surface area contributed by atoms with Gasteiger partial charge in [-0.15, -0.1) is 0 Å². The Bertz CT molecular complexity index is 1530.